The second-order valence-electron chi connectivity index (χ2n) is 8.23. The second kappa shape index (κ2) is 5.96. The first-order valence-corrected chi connectivity index (χ1v) is 9.46. The fourth-order valence-corrected chi connectivity index (χ4v) is 6.04. The lowest BCUT2D eigenvalue weighted by Gasteiger charge is -2.49. The summed E-state index contributed by atoms with van der Waals surface area (Å²) < 4.78 is 0. The lowest BCUT2D eigenvalue weighted by atomic mass is 9.56. The standard InChI is InChI=1S/C22H27NO/c1-3-5-16-12-19-15(13-21(16)23-14-24)7-8-18-17(19)9-11-22(2)10-4-6-20(18)22/h12-14,17-18,20H,4,6-11H2,1-2H3,(H,23,24)/t17?,18?,20?,22-/m0/s1. The smallest absolute Gasteiger partial charge is 0.211 e. The number of carbonyl (C=O) groups is 1. The van der Waals surface area contributed by atoms with Crippen molar-refractivity contribution in [3.63, 3.8) is 0 Å². The topological polar surface area (TPSA) is 29.1 Å². The van der Waals surface area contributed by atoms with Crippen molar-refractivity contribution in [1.29, 1.82) is 0 Å². The molecule has 126 valence electrons. The first-order chi connectivity index (χ1) is 11.7. The third-order valence-electron chi connectivity index (χ3n) is 7.12. The van der Waals surface area contributed by atoms with E-state index in [9.17, 15) is 4.79 Å². The third-order valence-corrected chi connectivity index (χ3v) is 7.12. The highest BCUT2D eigenvalue weighted by molar-refractivity contribution is 5.77. The van der Waals surface area contributed by atoms with Crippen LogP contribution in [0.2, 0.25) is 0 Å². The van der Waals surface area contributed by atoms with E-state index in [0.29, 0.717) is 11.3 Å². The number of carbonyl (C=O) groups excluding carboxylic acids is 1. The Hall–Kier alpha value is -1.75. The molecule has 0 saturated heterocycles. The summed E-state index contributed by atoms with van der Waals surface area (Å²) in [5.41, 5.74) is 5.41. The van der Waals surface area contributed by atoms with Gasteiger partial charge in [-0.2, -0.15) is 0 Å². The highest BCUT2D eigenvalue weighted by atomic mass is 16.1. The van der Waals surface area contributed by atoms with E-state index in [4.69, 9.17) is 0 Å². The summed E-state index contributed by atoms with van der Waals surface area (Å²) in [5, 5.41) is 2.84. The van der Waals surface area contributed by atoms with Crippen molar-refractivity contribution >= 4 is 12.1 Å². The van der Waals surface area contributed by atoms with Crippen LogP contribution in [-0.2, 0) is 11.2 Å². The third kappa shape index (κ3) is 2.37. The van der Waals surface area contributed by atoms with Gasteiger partial charge >= 0.3 is 0 Å². The number of hydrogen-bond acceptors (Lipinski definition) is 1. The first kappa shape index (κ1) is 15.8. The van der Waals surface area contributed by atoms with Crippen molar-refractivity contribution in [1.82, 2.24) is 0 Å². The molecule has 1 aromatic carbocycles. The molecule has 4 rings (SSSR count). The molecule has 2 nitrogen and oxygen atoms in total. The average molecular weight is 321 g/mol. The summed E-state index contributed by atoms with van der Waals surface area (Å²) in [5.74, 6) is 8.66. The van der Waals surface area contributed by atoms with Crippen LogP contribution in [0, 0.1) is 29.1 Å². The molecular formula is C22H27NO. The molecule has 3 aliphatic carbocycles. The lowest BCUT2D eigenvalue weighted by Crippen LogP contribution is -2.39. The summed E-state index contributed by atoms with van der Waals surface area (Å²) >= 11 is 0. The molecule has 3 unspecified atom stereocenters. The maximum Gasteiger partial charge on any atom is 0.211 e. The second-order valence-corrected chi connectivity index (χ2v) is 8.23. The van der Waals surface area contributed by atoms with Crippen molar-refractivity contribution in [3.8, 4) is 11.8 Å². The Balaban J connectivity index is 1.74. The monoisotopic (exact) mass is 321 g/mol. The van der Waals surface area contributed by atoms with E-state index in [-0.39, 0.29) is 0 Å². The van der Waals surface area contributed by atoms with Crippen LogP contribution in [0.15, 0.2) is 12.1 Å². The summed E-state index contributed by atoms with van der Waals surface area (Å²) in [6.45, 7) is 4.40. The highest BCUT2D eigenvalue weighted by Crippen LogP contribution is 2.60. The molecule has 0 aliphatic heterocycles. The van der Waals surface area contributed by atoms with Crippen LogP contribution < -0.4 is 5.32 Å². The lowest BCUT2D eigenvalue weighted by molar-refractivity contribution is -0.105. The maximum atomic E-state index is 10.9. The Morgan fingerprint density at radius 1 is 1.25 bits per heavy atom. The minimum absolute atomic E-state index is 0.601. The predicted molar refractivity (Wildman–Crippen MR) is 97.9 cm³/mol. The Morgan fingerprint density at radius 3 is 2.92 bits per heavy atom. The molecule has 1 aromatic rings. The van der Waals surface area contributed by atoms with Crippen molar-refractivity contribution in [2.45, 2.75) is 64.7 Å². The minimum atomic E-state index is 0.601. The van der Waals surface area contributed by atoms with E-state index in [2.05, 4.69) is 36.2 Å². The SMILES string of the molecule is CC#Cc1cc2c(cc1NC=O)CCC1C2CC[C@]2(C)CCCC12. The van der Waals surface area contributed by atoms with Gasteiger partial charge in [0.05, 0.1) is 5.69 Å². The number of aryl methyl sites for hydroxylation is 1. The molecule has 0 bridgehead atoms. The molecule has 2 fully saturated rings. The molecule has 1 N–H and O–H groups in total. The molecular weight excluding hydrogens is 294 g/mol. The average Bonchev–Trinajstić information content (AvgIpc) is 2.97. The zero-order chi connectivity index (χ0) is 16.7. The van der Waals surface area contributed by atoms with Gasteiger partial charge in [-0.25, -0.2) is 0 Å². The Morgan fingerprint density at radius 2 is 2.12 bits per heavy atom. The molecule has 2 saturated carbocycles. The van der Waals surface area contributed by atoms with Crippen molar-refractivity contribution in [2.24, 2.45) is 17.3 Å². The zero-order valence-corrected chi connectivity index (χ0v) is 14.8. The van der Waals surface area contributed by atoms with Gasteiger partial charge in [0.25, 0.3) is 0 Å². The summed E-state index contributed by atoms with van der Waals surface area (Å²) in [7, 11) is 0. The maximum absolute atomic E-state index is 10.9. The largest absolute Gasteiger partial charge is 0.328 e. The number of anilines is 1. The van der Waals surface area contributed by atoms with Gasteiger partial charge in [-0.05, 0) is 91.9 Å². The number of hydrogen-bond donors (Lipinski definition) is 1. The molecule has 2 heteroatoms. The van der Waals surface area contributed by atoms with Gasteiger partial charge in [0, 0.05) is 5.56 Å². The number of benzene rings is 1. The van der Waals surface area contributed by atoms with E-state index in [0.717, 1.165) is 35.9 Å². The Kier molecular flexibility index (Phi) is 3.91. The molecule has 24 heavy (non-hydrogen) atoms. The number of nitrogens with one attached hydrogen (secondary N) is 1. The van der Waals surface area contributed by atoms with Crippen LogP contribution in [0.1, 0.15) is 75.0 Å². The van der Waals surface area contributed by atoms with Crippen LogP contribution >= 0.6 is 0 Å². The molecule has 0 radical (unpaired) electrons. The highest BCUT2D eigenvalue weighted by Gasteiger charge is 2.50. The van der Waals surface area contributed by atoms with Crippen LogP contribution in [-0.4, -0.2) is 6.41 Å². The summed E-state index contributed by atoms with van der Waals surface area (Å²) in [4.78, 5) is 10.9. The normalized spacial score (nSPS) is 33.5. The summed E-state index contributed by atoms with van der Waals surface area (Å²) in [6, 6.07) is 4.47. The van der Waals surface area contributed by atoms with E-state index < -0.39 is 0 Å². The van der Waals surface area contributed by atoms with Crippen LogP contribution in [0.4, 0.5) is 5.69 Å². The molecule has 0 aromatic heterocycles. The first-order valence-electron chi connectivity index (χ1n) is 9.46. The Bertz CT molecular complexity index is 725. The number of fused-ring (bicyclic) bond motifs is 5. The fraction of sp³-hybridized carbons (Fsp3) is 0.591. The van der Waals surface area contributed by atoms with Crippen molar-refractivity contribution < 1.29 is 4.79 Å². The van der Waals surface area contributed by atoms with E-state index in [1.165, 1.54) is 49.7 Å². The fourth-order valence-electron chi connectivity index (χ4n) is 6.04. The van der Waals surface area contributed by atoms with Gasteiger partial charge in [-0.1, -0.05) is 19.3 Å². The predicted octanol–water partition coefficient (Wildman–Crippen LogP) is 4.87. The molecule has 1 amide bonds. The van der Waals surface area contributed by atoms with Gasteiger partial charge in [-0.15, -0.1) is 5.92 Å². The zero-order valence-electron chi connectivity index (χ0n) is 14.8. The van der Waals surface area contributed by atoms with E-state index in [1.54, 1.807) is 0 Å². The van der Waals surface area contributed by atoms with Gasteiger partial charge in [-0.3, -0.25) is 4.79 Å². The van der Waals surface area contributed by atoms with Gasteiger partial charge in [0.1, 0.15) is 0 Å². The number of rotatable bonds is 2. The van der Waals surface area contributed by atoms with E-state index in [1.807, 2.05) is 6.92 Å². The molecule has 3 aliphatic rings. The van der Waals surface area contributed by atoms with Crippen molar-refractivity contribution in [3.05, 3.63) is 28.8 Å². The molecule has 4 atom stereocenters. The van der Waals surface area contributed by atoms with Crippen LogP contribution in [0.25, 0.3) is 0 Å². The van der Waals surface area contributed by atoms with Crippen LogP contribution in [0.5, 0.6) is 0 Å². The van der Waals surface area contributed by atoms with Crippen molar-refractivity contribution in [2.75, 3.05) is 5.32 Å². The quantitative estimate of drug-likeness (QED) is 0.611. The number of amides is 1. The molecule has 0 heterocycles. The van der Waals surface area contributed by atoms with Gasteiger partial charge in [0.15, 0.2) is 0 Å². The summed E-state index contributed by atoms with van der Waals surface area (Å²) in [6.07, 6.45) is 10.2. The molecule has 0 spiro atoms. The Labute approximate surface area is 145 Å². The van der Waals surface area contributed by atoms with Crippen LogP contribution in [0.3, 0.4) is 0 Å². The minimum Gasteiger partial charge on any atom is -0.328 e. The van der Waals surface area contributed by atoms with E-state index >= 15 is 0 Å². The van der Waals surface area contributed by atoms with Gasteiger partial charge < -0.3 is 5.32 Å². The van der Waals surface area contributed by atoms with Gasteiger partial charge in [0.2, 0.25) is 6.41 Å².